The number of benzene rings is 3. The predicted octanol–water partition coefficient (Wildman–Crippen LogP) is 9.24. The average molecular weight is 508 g/mol. The lowest BCUT2D eigenvalue weighted by Crippen LogP contribution is -2.25. The molecular weight excluding hydrogens is 470 g/mol. The van der Waals surface area contributed by atoms with Gasteiger partial charge in [0.15, 0.2) is 0 Å². The minimum atomic E-state index is -1.18. The highest BCUT2D eigenvalue weighted by atomic mass is 35.5. The van der Waals surface area contributed by atoms with Crippen LogP contribution in [-0.2, 0) is 10.8 Å². The van der Waals surface area contributed by atoms with Gasteiger partial charge in [-0.3, -0.25) is 4.21 Å². The van der Waals surface area contributed by atoms with Gasteiger partial charge in [0, 0.05) is 15.6 Å². The zero-order valence-electron chi connectivity index (χ0n) is 21.1. The molecule has 0 radical (unpaired) electrons. The van der Waals surface area contributed by atoms with E-state index in [4.69, 9.17) is 11.6 Å². The second kappa shape index (κ2) is 12.2. The molecule has 1 saturated heterocycles. The van der Waals surface area contributed by atoms with Gasteiger partial charge in [-0.05, 0) is 55.3 Å². The molecule has 0 unspecified atom stereocenters. The van der Waals surface area contributed by atoms with Gasteiger partial charge in [-0.2, -0.15) is 0 Å². The van der Waals surface area contributed by atoms with E-state index in [0.29, 0.717) is 0 Å². The van der Waals surface area contributed by atoms with E-state index in [2.05, 4.69) is 67.3 Å². The van der Waals surface area contributed by atoms with E-state index < -0.39 is 15.7 Å². The summed E-state index contributed by atoms with van der Waals surface area (Å²) in [6.45, 7) is 4.34. The van der Waals surface area contributed by atoms with Crippen LogP contribution in [0.2, 0.25) is 5.02 Å². The number of para-hydroxylation sites is 1. The van der Waals surface area contributed by atoms with Crippen molar-refractivity contribution >= 4 is 28.1 Å². The van der Waals surface area contributed by atoms with Crippen molar-refractivity contribution in [3.05, 3.63) is 95.0 Å². The zero-order chi connectivity index (χ0) is 24.7. The van der Waals surface area contributed by atoms with Crippen molar-refractivity contribution in [2.24, 2.45) is 0 Å². The molecule has 1 fully saturated rings. The summed E-state index contributed by atoms with van der Waals surface area (Å²) in [5, 5.41) is 0.731. The Hall–Kier alpha value is -2.10. The monoisotopic (exact) mass is 507 g/mol. The van der Waals surface area contributed by atoms with Crippen molar-refractivity contribution in [3.63, 3.8) is 0 Å². The Labute approximate surface area is 219 Å². The van der Waals surface area contributed by atoms with Crippen LogP contribution in [0.15, 0.2) is 83.8 Å². The van der Waals surface area contributed by atoms with Crippen LogP contribution in [0.5, 0.6) is 0 Å². The first-order valence-electron chi connectivity index (χ1n) is 13.2. The van der Waals surface area contributed by atoms with Crippen LogP contribution in [0.1, 0.15) is 81.9 Å². The van der Waals surface area contributed by atoms with Crippen LogP contribution >= 0.6 is 11.6 Å². The first-order valence-corrected chi connectivity index (χ1v) is 14.7. The maximum Gasteiger partial charge on any atom is 0.146 e. The Kier molecular flexibility index (Phi) is 9.08. The van der Waals surface area contributed by atoms with Crippen LogP contribution < -0.4 is 4.90 Å². The van der Waals surface area contributed by atoms with Gasteiger partial charge in [-0.25, -0.2) is 0 Å². The molecule has 0 amide bonds. The molecule has 0 N–H and O–H groups in total. The highest BCUT2D eigenvalue weighted by molar-refractivity contribution is 7.87. The van der Waals surface area contributed by atoms with E-state index in [-0.39, 0.29) is 6.04 Å². The number of nitrogens with zero attached hydrogens (tertiary/aromatic N) is 1. The fraction of sp³-hybridized carbons (Fsp3) is 0.419. The third kappa shape index (κ3) is 6.01. The van der Waals surface area contributed by atoms with Gasteiger partial charge in [0.25, 0.3) is 0 Å². The number of anilines is 1. The Balaban J connectivity index is 1.61. The van der Waals surface area contributed by atoms with Gasteiger partial charge in [0.1, 0.15) is 4.87 Å². The van der Waals surface area contributed by atoms with Crippen molar-refractivity contribution in [2.75, 3.05) is 4.90 Å². The van der Waals surface area contributed by atoms with Crippen molar-refractivity contribution in [3.8, 4) is 0 Å². The van der Waals surface area contributed by atoms with Crippen molar-refractivity contribution in [2.45, 2.75) is 87.4 Å². The van der Waals surface area contributed by atoms with E-state index in [0.717, 1.165) is 28.4 Å². The zero-order valence-corrected chi connectivity index (χ0v) is 22.7. The summed E-state index contributed by atoms with van der Waals surface area (Å²) in [5.74, 6) is 0. The molecule has 35 heavy (non-hydrogen) atoms. The van der Waals surface area contributed by atoms with E-state index in [1.807, 2.05) is 30.3 Å². The van der Waals surface area contributed by atoms with Crippen molar-refractivity contribution in [1.29, 1.82) is 0 Å². The number of rotatable bonds is 13. The van der Waals surface area contributed by atoms with Gasteiger partial charge < -0.3 is 4.90 Å². The first-order chi connectivity index (χ1) is 17.1. The number of unbranched alkanes of at least 4 members (excludes halogenated alkanes) is 7. The van der Waals surface area contributed by atoms with Crippen molar-refractivity contribution in [1.82, 2.24) is 0 Å². The van der Waals surface area contributed by atoms with E-state index in [1.165, 1.54) is 56.1 Å². The summed E-state index contributed by atoms with van der Waals surface area (Å²) >= 11 is 6.22. The number of hydrogen-bond acceptors (Lipinski definition) is 2. The molecule has 3 aromatic rings. The topological polar surface area (TPSA) is 20.1 Å². The SMILES string of the molecule is CCCCCCCCCC[C@@]1([S@@](=O)c2ccc(C)cc2)[C@@H](c2ccc(Cl)cc2)N1c1ccccc1. The molecule has 0 saturated carbocycles. The summed E-state index contributed by atoms with van der Waals surface area (Å²) in [7, 11) is -1.18. The lowest BCUT2D eigenvalue weighted by Gasteiger charge is -2.19. The summed E-state index contributed by atoms with van der Waals surface area (Å²) in [5.41, 5.74) is 3.50. The quantitative estimate of drug-likeness (QED) is 0.170. The maximum absolute atomic E-state index is 14.4. The van der Waals surface area contributed by atoms with Gasteiger partial charge in [0.05, 0.1) is 16.8 Å². The molecule has 1 aliphatic rings. The Bertz CT molecular complexity index is 1080. The second-order valence-electron chi connectivity index (χ2n) is 9.81. The minimum Gasteiger partial charge on any atom is -0.342 e. The number of halogens is 1. The largest absolute Gasteiger partial charge is 0.342 e. The number of aryl methyl sites for hydroxylation is 1. The summed E-state index contributed by atoms with van der Waals surface area (Å²) in [6, 6.07) is 26.9. The molecule has 0 spiro atoms. The lowest BCUT2D eigenvalue weighted by molar-refractivity contribution is 0.551. The number of hydrogen-bond donors (Lipinski definition) is 0. The van der Waals surface area contributed by atoms with E-state index in [1.54, 1.807) is 0 Å². The lowest BCUT2D eigenvalue weighted by atomic mass is 10.0. The molecule has 186 valence electrons. The van der Waals surface area contributed by atoms with Gasteiger partial charge in [-0.1, -0.05) is 118 Å². The van der Waals surface area contributed by atoms with Crippen LogP contribution in [0.25, 0.3) is 0 Å². The molecule has 4 rings (SSSR count). The first kappa shape index (κ1) is 26.0. The molecule has 2 nitrogen and oxygen atoms in total. The molecule has 0 bridgehead atoms. The molecule has 1 heterocycles. The summed E-state index contributed by atoms with van der Waals surface area (Å²) < 4.78 is 14.4. The Morgan fingerprint density at radius 1 is 0.800 bits per heavy atom. The van der Waals surface area contributed by atoms with E-state index in [9.17, 15) is 4.21 Å². The molecule has 0 aliphatic carbocycles. The van der Waals surface area contributed by atoms with Gasteiger partial charge in [-0.15, -0.1) is 0 Å². The standard InChI is InChI=1S/C31H38ClNOS/c1-3-4-5-6-7-8-9-13-24-31(35(34)29-22-16-25(2)17-23-29)30(26-18-20-27(32)21-19-26)33(31)28-14-11-10-12-15-28/h10-12,14-23,30H,3-9,13,24H2,1-2H3/t30-,31-,33?,35+/m1/s1. The van der Waals surface area contributed by atoms with E-state index >= 15 is 0 Å². The van der Waals surface area contributed by atoms with Crippen LogP contribution in [0.4, 0.5) is 5.69 Å². The molecule has 0 aromatic heterocycles. The molecule has 3 atom stereocenters. The smallest absolute Gasteiger partial charge is 0.146 e. The van der Waals surface area contributed by atoms with Crippen LogP contribution in [-0.4, -0.2) is 9.08 Å². The molecule has 3 aromatic carbocycles. The fourth-order valence-corrected chi connectivity index (χ4v) is 7.27. The van der Waals surface area contributed by atoms with Crippen molar-refractivity contribution < 1.29 is 4.21 Å². The highest BCUT2D eigenvalue weighted by Gasteiger charge is 2.67. The maximum atomic E-state index is 14.4. The van der Waals surface area contributed by atoms with Crippen LogP contribution in [0, 0.1) is 6.92 Å². The normalized spacial score (nSPS) is 20.1. The summed E-state index contributed by atoms with van der Waals surface area (Å²) in [6.07, 6.45) is 11.0. The minimum absolute atomic E-state index is 0.0638. The molecule has 1 aliphatic heterocycles. The fourth-order valence-electron chi connectivity index (χ4n) is 5.24. The van der Waals surface area contributed by atoms with Crippen LogP contribution in [0.3, 0.4) is 0 Å². The second-order valence-corrected chi connectivity index (χ2v) is 12.0. The molecular formula is C31H38ClNOS. The predicted molar refractivity (Wildman–Crippen MR) is 151 cm³/mol. The summed E-state index contributed by atoms with van der Waals surface area (Å²) in [4.78, 5) is 2.85. The average Bonchev–Trinajstić information content (AvgIpc) is 3.56. The third-order valence-electron chi connectivity index (χ3n) is 7.19. The third-order valence-corrected chi connectivity index (χ3v) is 9.41. The molecule has 4 heteroatoms. The van der Waals surface area contributed by atoms with Gasteiger partial charge in [0.2, 0.25) is 0 Å². The Morgan fingerprint density at radius 2 is 1.40 bits per heavy atom. The van der Waals surface area contributed by atoms with Gasteiger partial charge >= 0.3 is 0 Å². The highest BCUT2D eigenvalue weighted by Crippen LogP contribution is 2.61. The Morgan fingerprint density at radius 3 is 2.03 bits per heavy atom.